The number of nitriles is 2. The summed E-state index contributed by atoms with van der Waals surface area (Å²) in [4.78, 5) is 3.55. The summed E-state index contributed by atoms with van der Waals surface area (Å²) in [7, 11) is 1.53. The second-order valence-corrected chi connectivity index (χ2v) is 1.54. The monoisotopic (exact) mass is 149 g/mol. The molecule has 0 spiro atoms. The summed E-state index contributed by atoms with van der Waals surface area (Å²) >= 11 is 0. The molecule has 0 bridgehead atoms. The first-order valence-electron chi connectivity index (χ1n) is 2.73. The molecular formula is C6H7N5. The van der Waals surface area contributed by atoms with E-state index in [1.807, 2.05) is 0 Å². The third-order valence-electron chi connectivity index (χ3n) is 0.840. The van der Waals surface area contributed by atoms with Crippen LogP contribution in [0.2, 0.25) is 0 Å². The van der Waals surface area contributed by atoms with E-state index in [1.165, 1.54) is 13.4 Å². The summed E-state index contributed by atoms with van der Waals surface area (Å²) in [5.74, 6) is 0. The molecule has 0 unspecified atom stereocenters. The molecule has 0 amide bonds. The lowest BCUT2D eigenvalue weighted by atomic mass is 10.4. The molecule has 0 aliphatic carbocycles. The fourth-order valence-corrected chi connectivity index (χ4v) is 0.355. The van der Waals surface area contributed by atoms with Crippen molar-refractivity contribution in [3.05, 3.63) is 11.4 Å². The van der Waals surface area contributed by atoms with E-state index < -0.39 is 0 Å². The smallest absolute Gasteiger partial charge is 0.152 e. The summed E-state index contributed by atoms with van der Waals surface area (Å²) in [5.41, 5.74) is 5.01. The van der Waals surface area contributed by atoms with E-state index in [0.717, 1.165) is 0 Å². The van der Waals surface area contributed by atoms with Gasteiger partial charge in [-0.3, -0.25) is 4.99 Å². The summed E-state index contributed by atoms with van der Waals surface area (Å²) in [6.45, 7) is 0. The molecular weight excluding hydrogens is 142 g/mol. The molecule has 0 heterocycles. The topological polar surface area (TPSA) is 98.0 Å². The minimum Gasteiger partial charge on any atom is -0.388 e. The molecule has 0 saturated heterocycles. The van der Waals surface area contributed by atoms with Crippen LogP contribution in [0.1, 0.15) is 0 Å². The summed E-state index contributed by atoms with van der Waals surface area (Å²) in [5, 5.41) is 19.1. The van der Waals surface area contributed by atoms with Gasteiger partial charge in [0, 0.05) is 7.05 Å². The van der Waals surface area contributed by atoms with E-state index in [2.05, 4.69) is 10.3 Å². The van der Waals surface area contributed by atoms with Crippen molar-refractivity contribution in [1.82, 2.24) is 5.32 Å². The molecule has 0 atom stereocenters. The van der Waals surface area contributed by atoms with Crippen molar-refractivity contribution in [3.8, 4) is 12.1 Å². The quantitative estimate of drug-likeness (QED) is 0.312. The van der Waals surface area contributed by atoms with Crippen molar-refractivity contribution in [2.45, 2.75) is 0 Å². The van der Waals surface area contributed by atoms with Crippen molar-refractivity contribution in [2.24, 2.45) is 10.7 Å². The molecule has 0 aromatic rings. The molecule has 0 radical (unpaired) electrons. The third-order valence-corrected chi connectivity index (χ3v) is 0.840. The minimum absolute atomic E-state index is 0.0121. The van der Waals surface area contributed by atoms with Gasteiger partial charge in [0.25, 0.3) is 0 Å². The zero-order valence-electron chi connectivity index (χ0n) is 6.00. The Kier molecular flexibility index (Phi) is 3.95. The molecule has 0 aromatic carbocycles. The first kappa shape index (κ1) is 8.99. The standard InChI is InChI=1S/C6H7N5/c1-10-4-11-6(3-8)5(9)2-7/h4H,9H2,1H3,(H,10,11)/b6-5-. The number of allylic oxidation sites excluding steroid dienone is 2. The third kappa shape index (κ3) is 2.87. The van der Waals surface area contributed by atoms with Gasteiger partial charge in [-0.15, -0.1) is 0 Å². The van der Waals surface area contributed by atoms with E-state index in [-0.39, 0.29) is 11.4 Å². The van der Waals surface area contributed by atoms with Gasteiger partial charge in [-0.05, 0) is 0 Å². The molecule has 0 aliphatic rings. The Morgan fingerprint density at radius 2 is 2.18 bits per heavy atom. The van der Waals surface area contributed by atoms with Crippen LogP contribution in [0.15, 0.2) is 16.4 Å². The van der Waals surface area contributed by atoms with Gasteiger partial charge < -0.3 is 11.1 Å². The van der Waals surface area contributed by atoms with Crippen molar-refractivity contribution >= 4 is 6.34 Å². The number of nitrogens with zero attached hydrogens (tertiary/aromatic N) is 3. The van der Waals surface area contributed by atoms with Gasteiger partial charge in [-0.25, -0.2) is 0 Å². The second-order valence-electron chi connectivity index (χ2n) is 1.54. The molecule has 11 heavy (non-hydrogen) atoms. The summed E-state index contributed by atoms with van der Waals surface area (Å²) in [6.07, 6.45) is 1.28. The average molecular weight is 149 g/mol. The number of nitrogens with one attached hydrogen (secondary N) is 1. The normalized spacial score (nSPS) is 11.5. The molecule has 0 rings (SSSR count). The first-order valence-corrected chi connectivity index (χ1v) is 2.73. The SMILES string of the molecule is CN=CN/C(C#N)=C(\N)C#N. The van der Waals surface area contributed by atoms with Crippen LogP contribution in [0.4, 0.5) is 0 Å². The van der Waals surface area contributed by atoms with Gasteiger partial charge in [-0.2, -0.15) is 10.5 Å². The molecule has 0 aliphatic heterocycles. The summed E-state index contributed by atoms with van der Waals surface area (Å²) < 4.78 is 0. The Morgan fingerprint density at radius 1 is 1.55 bits per heavy atom. The minimum atomic E-state index is -0.146. The number of aliphatic imine (C=N–C) groups is 1. The maximum atomic E-state index is 8.39. The van der Waals surface area contributed by atoms with Crippen molar-refractivity contribution in [2.75, 3.05) is 7.05 Å². The Bertz CT molecular complexity index is 262. The van der Waals surface area contributed by atoms with Crippen LogP contribution < -0.4 is 11.1 Å². The maximum Gasteiger partial charge on any atom is 0.152 e. The highest BCUT2D eigenvalue weighted by Crippen LogP contribution is 1.88. The number of rotatable bonds is 2. The van der Waals surface area contributed by atoms with E-state index in [9.17, 15) is 0 Å². The van der Waals surface area contributed by atoms with Gasteiger partial charge in [0.1, 0.15) is 17.8 Å². The van der Waals surface area contributed by atoms with Crippen molar-refractivity contribution in [1.29, 1.82) is 10.5 Å². The lowest BCUT2D eigenvalue weighted by Gasteiger charge is -1.94. The Labute approximate surface area is 64.4 Å². The zero-order valence-corrected chi connectivity index (χ0v) is 6.00. The van der Waals surface area contributed by atoms with Gasteiger partial charge in [0.05, 0.1) is 6.34 Å². The fourth-order valence-electron chi connectivity index (χ4n) is 0.355. The van der Waals surface area contributed by atoms with Gasteiger partial charge in [-0.1, -0.05) is 0 Å². The molecule has 3 N–H and O–H groups in total. The molecule has 5 nitrogen and oxygen atoms in total. The summed E-state index contributed by atoms with van der Waals surface area (Å²) in [6, 6.07) is 3.35. The van der Waals surface area contributed by atoms with Crippen LogP contribution in [0.3, 0.4) is 0 Å². The lowest BCUT2D eigenvalue weighted by Crippen LogP contribution is -2.14. The lowest BCUT2D eigenvalue weighted by molar-refractivity contribution is 1.15. The largest absolute Gasteiger partial charge is 0.388 e. The predicted octanol–water partition coefficient (Wildman–Crippen LogP) is -0.548. The van der Waals surface area contributed by atoms with Gasteiger partial charge >= 0.3 is 0 Å². The Morgan fingerprint density at radius 3 is 2.55 bits per heavy atom. The number of hydrogen-bond acceptors (Lipinski definition) is 4. The van der Waals surface area contributed by atoms with Gasteiger partial charge in [0.2, 0.25) is 0 Å². The van der Waals surface area contributed by atoms with E-state index in [1.54, 1.807) is 12.1 Å². The predicted molar refractivity (Wildman–Crippen MR) is 40.0 cm³/mol. The second kappa shape index (κ2) is 4.83. The molecule has 0 aromatic heterocycles. The molecule has 5 heteroatoms. The van der Waals surface area contributed by atoms with Crippen LogP contribution >= 0.6 is 0 Å². The number of nitrogens with two attached hydrogens (primary N) is 1. The van der Waals surface area contributed by atoms with Crippen molar-refractivity contribution < 1.29 is 0 Å². The highest BCUT2D eigenvalue weighted by atomic mass is 14.9. The maximum absolute atomic E-state index is 8.39. The van der Waals surface area contributed by atoms with E-state index in [4.69, 9.17) is 16.3 Å². The zero-order chi connectivity index (χ0) is 8.69. The van der Waals surface area contributed by atoms with Crippen LogP contribution in [-0.4, -0.2) is 13.4 Å². The fraction of sp³-hybridized carbons (Fsp3) is 0.167. The average Bonchev–Trinajstić information content (AvgIpc) is 2.05. The van der Waals surface area contributed by atoms with Crippen LogP contribution in [0, 0.1) is 22.7 Å². The molecule has 0 saturated carbocycles. The molecule has 0 fully saturated rings. The van der Waals surface area contributed by atoms with E-state index >= 15 is 0 Å². The first-order chi connectivity index (χ1) is 5.26. The molecule has 56 valence electrons. The Hall–Kier alpha value is -2.01. The van der Waals surface area contributed by atoms with Crippen LogP contribution in [-0.2, 0) is 0 Å². The van der Waals surface area contributed by atoms with E-state index in [0.29, 0.717) is 0 Å². The van der Waals surface area contributed by atoms with Gasteiger partial charge in [0.15, 0.2) is 5.70 Å². The van der Waals surface area contributed by atoms with Crippen LogP contribution in [0.5, 0.6) is 0 Å². The highest BCUT2D eigenvalue weighted by molar-refractivity contribution is 5.60. The van der Waals surface area contributed by atoms with Crippen molar-refractivity contribution in [3.63, 3.8) is 0 Å². The highest BCUT2D eigenvalue weighted by Gasteiger charge is 1.97. The number of hydrogen-bond donors (Lipinski definition) is 2. The van der Waals surface area contributed by atoms with Crippen LogP contribution in [0.25, 0.3) is 0 Å². The Balaban J connectivity index is 4.46.